The van der Waals surface area contributed by atoms with Gasteiger partial charge in [-0.25, -0.2) is 8.42 Å². The van der Waals surface area contributed by atoms with Gasteiger partial charge in [0.05, 0.1) is 5.75 Å². The van der Waals surface area contributed by atoms with Crippen molar-refractivity contribution < 1.29 is 8.42 Å². The van der Waals surface area contributed by atoms with Gasteiger partial charge in [-0.15, -0.1) is 0 Å². The summed E-state index contributed by atoms with van der Waals surface area (Å²) in [6.07, 6.45) is 7.09. The minimum absolute atomic E-state index is 0.0120. The van der Waals surface area contributed by atoms with Crippen LogP contribution in [-0.4, -0.2) is 36.8 Å². The second-order valence-corrected chi connectivity index (χ2v) is 9.52. The molecule has 2 aromatic heterocycles. The summed E-state index contributed by atoms with van der Waals surface area (Å²) < 4.78 is 28.4. The zero-order valence-electron chi connectivity index (χ0n) is 16.7. The van der Waals surface area contributed by atoms with Gasteiger partial charge < -0.3 is 14.5 Å². The second-order valence-electron chi connectivity index (χ2n) is 7.51. The van der Waals surface area contributed by atoms with Crippen LogP contribution in [0.1, 0.15) is 26.2 Å². The number of rotatable bonds is 5. The lowest BCUT2D eigenvalue weighted by Gasteiger charge is -2.31. The van der Waals surface area contributed by atoms with Crippen molar-refractivity contribution in [1.82, 2.24) is 9.55 Å². The fourth-order valence-electron chi connectivity index (χ4n) is 3.96. The predicted octanol–water partition coefficient (Wildman–Crippen LogP) is 3.29. The number of H-pyrrole nitrogens is 1. The predicted molar refractivity (Wildman–Crippen MR) is 118 cm³/mol. The highest BCUT2D eigenvalue weighted by Gasteiger charge is 2.20. The first kappa shape index (κ1) is 19.6. The van der Waals surface area contributed by atoms with Gasteiger partial charge in [0.2, 0.25) is 10.0 Å². The summed E-state index contributed by atoms with van der Waals surface area (Å²) in [7, 11) is -1.65. The summed E-state index contributed by atoms with van der Waals surface area (Å²) in [5.74, 6) is 0.0120. The topological polar surface area (TPSA) is 87.2 Å². The third-order valence-corrected chi connectivity index (χ3v) is 6.84. The number of hydrogen-bond donors (Lipinski definition) is 2. The molecule has 0 saturated carbocycles. The first-order valence-electron chi connectivity index (χ1n) is 9.96. The molecule has 0 radical (unpaired) electrons. The van der Waals surface area contributed by atoms with E-state index in [-0.39, 0.29) is 11.3 Å². The molecule has 0 atom stereocenters. The smallest absolute Gasteiger partial charge is 0.274 e. The number of aromatic nitrogens is 2. The van der Waals surface area contributed by atoms with Crippen LogP contribution in [0, 0.1) is 0 Å². The number of aryl methyl sites for hydroxylation is 1. The number of benzene rings is 1. The molecule has 4 rings (SSSR count). The van der Waals surface area contributed by atoms with E-state index in [2.05, 4.69) is 14.6 Å². The Kier molecular flexibility index (Phi) is 5.12. The van der Waals surface area contributed by atoms with E-state index in [1.807, 2.05) is 30.5 Å². The third-order valence-electron chi connectivity index (χ3n) is 5.53. The molecule has 1 saturated heterocycles. The van der Waals surface area contributed by atoms with Crippen molar-refractivity contribution in [2.75, 3.05) is 28.5 Å². The summed E-state index contributed by atoms with van der Waals surface area (Å²) in [6, 6.07) is 7.58. The fourth-order valence-corrected chi connectivity index (χ4v) is 4.59. The van der Waals surface area contributed by atoms with E-state index >= 15 is 0 Å². The van der Waals surface area contributed by atoms with E-state index in [1.54, 1.807) is 24.7 Å². The maximum absolute atomic E-state index is 12.5. The van der Waals surface area contributed by atoms with E-state index in [4.69, 9.17) is 0 Å². The van der Waals surface area contributed by atoms with Crippen molar-refractivity contribution in [3.05, 3.63) is 47.0 Å². The van der Waals surface area contributed by atoms with Gasteiger partial charge in [0.25, 0.3) is 5.56 Å². The van der Waals surface area contributed by atoms with Crippen LogP contribution >= 0.6 is 0 Å². The Hall–Kier alpha value is -2.74. The summed E-state index contributed by atoms with van der Waals surface area (Å²) in [5.41, 5.74) is 3.88. The molecule has 0 amide bonds. The summed E-state index contributed by atoms with van der Waals surface area (Å²) in [5, 5.41) is 0.835. The van der Waals surface area contributed by atoms with E-state index in [0.717, 1.165) is 48.1 Å². The Labute approximate surface area is 170 Å². The third kappa shape index (κ3) is 3.76. The molecule has 29 heavy (non-hydrogen) atoms. The van der Waals surface area contributed by atoms with Gasteiger partial charge >= 0.3 is 0 Å². The van der Waals surface area contributed by atoms with Gasteiger partial charge in [0.1, 0.15) is 5.52 Å². The summed E-state index contributed by atoms with van der Waals surface area (Å²) in [6.45, 7) is 3.55. The summed E-state index contributed by atoms with van der Waals surface area (Å²) >= 11 is 0. The Morgan fingerprint density at radius 1 is 1.10 bits per heavy atom. The number of fused-ring (bicyclic) bond motifs is 1. The zero-order chi connectivity index (χ0) is 20.6. The van der Waals surface area contributed by atoms with Crippen LogP contribution in [0.25, 0.3) is 22.0 Å². The molecule has 0 spiro atoms. The molecular formula is C21H26N4O3S. The molecule has 3 heterocycles. The highest BCUT2D eigenvalue weighted by Crippen LogP contribution is 2.37. The van der Waals surface area contributed by atoms with Crippen molar-refractivity contribution in [2.45, 2.75) is 26.2 Å². The molecule has 154 valence electrons. The van der Waals surface area contributed by atoms with Crippen LogP contribution in [-0.2, 0) is 17.1 Å². The van der Waals surface area contributed by atoms with Crippen molar-refractivity contribution in [3.8, 4) is 11.1 Å². The lowest BCUT2D eigenvalue weighted by molar-refractivity contribution is 0.578. The van der Waals surface area contributed by atoms with Crippen LogP contribution < -0.4 is 15.2 Å². The number of piperidine rings is 1. The molecule has 0 aliphatic carbocycles. The van der Waals surface area contributed by atoms with Crippen LogP contribution in [0.4, 0.5) is 11.4 Å². The molecule has 8 heteroatoms. The van der Waals surface area contributed by atoms with E-state index in [9.17, 15) is 13.2 Å². The minimum atomic E-state index is -3.38. The molecule has 1 aromatic carbocycles. The van der Waals surface area contributed by atoms with Crippen molar-refractivity contribution in [3.63, 3.8) is 0 Å². The zero-order valence-corrected chi connectivity index (χ0v) is 17.6. The average Bonchev–Trinajstić information content (AvgIpc) is 3.21. The Balaban J connectivity index is 1.93. The molecule has 1 aliphatic heterocycles. The number of nitrogens with one attached hydrogen (secondary N) is 2. The van der Waals surface area contributed by atoms with E-state index in [1.165, 1.54) is 6.42 Å². The largest absolute Gasteiger partial charge is 0.371 e. The number of nitrogens with zero attached hydrogens (tertiary/aromatic N) is 2. The Morgan fingerprint density at radius 2 is 1.86 bits per heavy atom. The van der Waals surface area contributed by atoms with Gasteiger partial charge in [0.15, 0.2) is 0 Å². The second kappa shape index (κ2) is 7.59. The van der Waals surface area contributed by atoms with Gasteiger partial charge in [-0.1, -0.05) is 0 Å². The van der Waals surface area contributed by atoms with Crippen LogP contribution in [0.15, 0.2) is 41.5 Å². The average molecular weight is 415 g/mol. The van der Waals surface area contributed by atoms with Crippen LogP contribution in [0.3, 0.4) is 0 Å². The highest BCUT2D eigenvalue weighted by molar-refractivity contribution is 7.92. The normalized spacial score (nSPS) is 15.0. The SMILES string of the molecule is CCS(=O)(=O)Nc1ccc(N2CCCCC2)c(-c2cn(C)c(=O)c3[nH]ccc23)c1. The van der Waals surface area contributed by atoms with Crippen molar-refractivity contribution in [2.24, 2.45) is 7.05 Å². The van der Waals surface area contributed by atoms with E-state index in [0.29, 0.717) is 11.2 Å². The minimum Gasteiger partial charge on any atom is -0.371 e. The first-order valence-corrected chi connectivity index (χ1v) is 11.6. The molecule has 1 aliphatic rings. The first-order chi connectivity index (χ1) is 13.9. The van der Waals surface area contributed by atoms with Gasteiger partial charge in [0, 0.05) is 60.4 Å². The molecular weight excluding hydrogens is 388 g/mol. The Morgan fingerprint density at radius 3 is 2.59 bits per heavy atom. The molecule has 2 N–H and O–H groups in total. The number of hydrogen-bond acceptors (Lipinski definition) is 4. The standard InChI is InChI=1S/C21H26N4O3S/c1-3-29(27,28)23-15-7-8-19(25-11-5-4-6-12-25)17(13-15)18-14-24(2)21(26)20-16(18)9-10-22-20/h7-10,13-14,22-23H,3-6,11-12H2,1-2H3. The number of anilines is 2. The van der Waals surface area contributed by atoms with Gasteiger partial charge in [-0.2, -0.15) is 0 Å². The highest BCUT2D eigenvalue weighted by atomic mass is 32.2. The number of pyridine rings is 1. The maximum atomic E-state index is 12.5. The van der Waals surface area contributed by atoms with Crippen molar-refractivity contribution >= 4 is 32.3 Å². The van der Waals surface area contributed by atoms with Crippen LogP contribution in [0.5, 0.6) is 0 Å². The quantitative estimate of drug-likeness (QED) is 0.671. The molecule has 1 fully saturated rings. The molecule has 0 unspecified atom stereocenters. The monoisotopic (exact) mass is 414 g/mol. The van der Waals surface area contributed by atoms with Crippen LogP contribution in [0.2, 0.25) is 0 Å². The maximum Gasteiger partial charge on any atom is 0.274 e. The molecule has 3 aromatic rings. The lowest BCUT2D eigenvalue weighted by atomic mass is 9.99. The fraction of sp³-hybridized carbons (Fsp3) is 0.381. The van der Waals surface area contributed by atoms with Gasteiger partial charge in [-0.05, 0) is 50.5 Å². The number of aromatic amines is 1. The molecule has 7 nitrogen and oxygen atoms in total. The number of sulfonamides is 1. The Bertz CT molecular complexity index is 1200. The van der Waals surface area contributed by atoms with Gasteiger partial charge in [-0.3, -0.25) is 9.52 Å². The summed E-state index contributed by atoms with van der Waals surface area (Å²) in [4.78, 5) is 17.9. The van der Waals surface area contributed by atoms with Crippen molar-refractivity contribution in [1.29, 1.82) is 0 Å². The van der Waals surface area contributed by atoms with E-state index < -0.39 is 10.0 Å². The lowest BCUT2D eigenvalue weighted by Crippen LogP contribution is -2.30. The molecule has 0 bridgehead atoms.